The van der Waals surface area contributed by atoms with E-state index in [9.17, 15) is 14.4 Å². The molecule has 0 N–H and O–H groups in total. The van der Waals surface area contributed by atoms with E-state index in [2.05, 4.69) is 0 Å². The van der Waals surface area contributed by atoms with Crippen LogP contribution in [0.3, 0.4) is 0 Å². The number of aromatic nitrogens is 2. The Labute approximate surface area is 141 Å². The van der Waals surface area contributed by atoms with Gasteiger partial charge in [0, 0.05) is 42.1 Å². The minimum Gasteiger partial charge on any atom is -0.303 e. The Morgan fingerprint density at radius 1 is 1.22 bits per heavy atom. The molecule has 0 saturated carbocycles. The summed E-state index contributed by atoms with van der Waals surface area (Å²) in [4.78, 5) is 37.3. The summed E-state index contributed by atoms with van der Waals surface area (Å²) in [5.41, 5.74) is 0.542. The Hall–Kier alpha value is -2.05. The van der Waals surface area contributed by atoms with Crippen molar-refractivity contribution in [1.82, 2.24) is 9.13 Å². The molecule has 0 atom stereocenters. The van der Waals surface area contributed by atoms with Crippen LogP contribution in [0.4, 0.5) is 0 Å². The average Bonchev–Trinajstić information content (AvgIpc) is 2.53. The fraction of sp³-hybridized carbons (Fsp3) is 0.188. The van der Waals surface area contributed by atoms with Gasteiger partial charge in [0.25, 0.3) is 5.56 Å². The van der Waals surface area contributed by atoms with Gasteiger partial charge in [0.1, 0.15) is 0 Å². The first kappa shape index (κ1) is 15.8. The van der Waals surface area contributed by atoms with E-state index in [-0.39, 0.29) is 5.78 Å². The second kappa shape index (κ2) is 5.86. The highest BCUT2D eigenvalue weighted by Crippen LogP contribution is 2.37. The minimum absolute atomic E-state index is 0.142. The zero-order chi connectivity index (χ0) is 16.7. The topological polar surface area (TPSA) is 61.1 Å². The first-order chi connectivity index (χ1) is 10.9. The Kier molecular flexibility index (Phi) is 4.04. The van der Waals surface area contributed by atoms with Gasteiger partial charge < -0.3 is 4.57 Å². The van der Waals surface area contributed by atoms with Gasteiger partial charge in [0.05, 0.1) is 10.6 Å². The lowest BCUT2D eigenvalue weighted by Crippen LogP contribution is -2.37. The number of hydrogen-bond acceptors (Lipinski definition) is 4. The number of hydrogen-bond donors (Lipinski definition) is 0. The molecule has 1 aromatic carbocycles. The number of ketones is 1. The molecule has 0 fully saturated rings. The predicted octanol–water partition coefficient (Wildman–Crippen LogP) is 2.11. The fourth-order valence-corrected chi connectivity index (χ4v) is 3.83. The number of rotatable bonds is 1. The van der Waals surface area contributed by atoms with E-state index >= 15 is 0 Å². The van der Waals surface area contributed by atoms with Gasteiger partial charge in [-0.05, 0) is 18.2 Å². The van der Waals surface area contributed by atoms with Crippen molar-refractivity contribution < 1.29 is 4.79 Å². The summed E-state index contributed by atoms with van der Waals surface area (Å²) in [6.07, 6.45) is 3.00. The number of fused-ring (bicyclic) bond motifs is 1. The van der Waals surface area contributed by atoms with Crippen molar-refractivity contribution in [2.24, 2.45) is 14.1 Å². The van der Waals surface area contributed by atoms with Crippen LogP contribution in [0.5, 0.6) is 0 Å². The third-order valence-corrected chi connectivity index (χ3v) is 5.29. The van der Waals surface area contributed by atoms with Crippen molar-refractivity contribution in [2.45, 2.75) is 4.90 Å². The lowest BCUT2D eigenvalue weighted by Gasteiger charge is -2.18. The second-order valence-electron chi connectivity index (χ2n) is 5.25. The number of nitrogens with zero attached hydrogens (tertiary/aromatic N) is 2. The molecule has 0 radical (unpaired) electrons. The van der Waals surface area contributed by atoms with E-state index in [1.54, 1.807) is 31.3 Å². The molecule has 5 nitrogen and oxygen atoms in total. The SMILES string of the molecule is Cn1cc(/C=C2/CSc3c(Cl)cccc3C2=O)c(=O)n(C)c1=O. The van der Waals surface area contributed by atoms with Crippen LogP contribution in [0, 0.1) is 0 Å². The predicted molar refractivity (Wildman–Crippen MR) is 91.4 cm³/mol. The van der Waals surface area contributed by atoms with Crippen LogP contribution in [-0.4, -0.2) is 20.7 Å². The van der Waals surface area contributed by atoms with Gasteiger partial charge in [-0.15, -0.1) is 11.8 Å². The summed E-state index contributed by atoms with van der Waals surface area (Å²) < 4.78 is 2.34. The summed E-state index contributed by atoms with van der Waals surface area (Å²) in [6.45, 7) is 0. The van der Waals surface area contributed by atoms with Gasteiger partial charge in [-0.1, -0.05) is 17.7 Å². The van der Waals surface area contributed by atoms with Crippen molar-refractivity contribution in [3.8, 4) is 0 Å². The first-order valence-corrected chi connectivity index (χ1v) is 8.19. The summed E-state index contributed by atoms with van der Waals surface area (Å²) >= 11 is 7.58. The van der Waals surface area contributed by atoms with E-state index in [1.165, 1.54) is 29.6 Å². The lowest BCUT2D eigenvalue weighted by molar-refractivity contribution is 0.103. The molecule has 0 bridgehead atoms. The highest BCUT2D eigenvalue weighted by molar-refractivity contribution is 7.99. The molecule has 0 amide bonds. The third-order valence-electron chi connectivity index (χ3n) is 3.68. The number of thioether (sulfide) groups is 1. The van der Waals surface area contributed by atoms with Crippen LogP contribution < -0.4 is 11.2 Å². The monoisotopic (exact) mass is 348 g/mol. The first-order valence-electron chi connectivity index (χ1n) is 6.83. The molecule has 1 aliphatic heterocycles. The van der Waals surface area contributed by atoms with Gasteiger partial charge in [-0.2, -0.15) is 0 Å². The Bertz CT molecular complexity index is 972. The molecule has 23 heavy (non-hydrogen) atoms. The Balaban J connectivity index is 2.11. The maximum Gasteiger partial charge on any atom is 0.330 e. The molecule has 2 aromatic rings. The molecule has 0 spiro atoms. The number of benzene rings is 1. The highest BCUT2D eigenvalue weighted by Gasteiger charge is 2.24. The third kappa shape index (κ3) is 2.68. The lowest BCUT2D eigenvalue weighted by atomic mass is 10.0. The van der Waals surface area contributed by atoms with Crippen molar-refractivity contribution in [1.29, 1.82) is 0 Å². The Morgan fingerprint density at radius 3 is 2.70 bits per heavy atom. The standard InChI is InChI=1S/C16H13ClN2O3S/c1-18-7-9(15(21)19(2)16(18)22)6-10-8-23-14-11(13(10)20)4-3-5-12(14)17/h3-7H,8H2,1-2H3/b10-6-. The number of carbonyl (C=O) groups is 1. The molecule has 0 aliphatic carbocycles. The largest absolute Gasteiger partial charge is 0.330 e. The van der Waals surface area contributed by atoms with Gasteiger partial charge >= 0.3 is 5.69 Å². The van der Waals surface area contributed by atoms with Crippen molar-refractivity contribution in [3.05, 3.63) is 67.0 Å². The van der Waals surface area contributed by atoms with E-state index in [0.29, 0.717) is 27.5 Å². The van der Waals surface area contributed by atoms with E-state index in [1.807, 2.05) is 0 Å². The van der Waals surface area contributed by atoms with Gasteiger partial charge in [-0.3, -0.25) is 14.2 Å². The fourth-order valence-electron chi connectivity index (χ4n) is 2.45. The van der Waals surface area contributed by atoms with Gasteiger partial charge in [0.2, 0.25) is 0 Å². The molecule has 2 heterocycles. The second-order valence-corrected chi connectivity index (χ2v) is 6.64. The van der Waals surface area contributed by atoms with Crippen LogP contribution in [-0.2, 0) is 14.1 Å². The minimum atomic E-state index is -0.421. The van der Waals surface area contributed by atoms with Crippen molar-refractivity contribution >= 4 is 35.2 Å². The summed E-state index contributed by atoms with van der Waals surface area (Å²) in [6, 6.07) is 5.20. The highest BCUT2D eigenvalue weighted by atomic mass is 35.5. The van der Waals surface area contributed by atoms with E-state index in [4.69, 9.17) is 11.6 Å². The number of halogens is 1. The average molecular weight is 349 g/mol. The number of carbonyl (C=O) groups excluding carboxylic acids is 1. The number of Topliss-reactive ketones (excluding diaryl/α,β-unsaturated/α-hetero) is 1. The normalized spacial score (nSPS) is 15.8. The van der Waals surface area contributed by atoms with Crippen LogP contribution in [0.1, 0.15) is 15.9 Å². The van der Waals surface area contributed by atoms with Crippen LogP contribution >= 0.6 is 23.4 Å². The molecule has 1 aliphatic rings. The summed E-state index contributed by atoms with van der Waals surface area (Å²) in [5, 5.41) is 0.554. The smallest absolute Gasteiger partial charge is 0.303 e. The van der Waals surface area contributed by atoms with Crippen LogP contribution in [0.15, 0.2) is 44.5 Å². The molecule has 3 rings (SSSR count). The molecule has 1 aromatic heterocycles. The molecular weight excluding hydrogens is 336 g/mol. The molecule has 0 unspecified atom stereocenters. The van der Waals surface area contributed by atoms with Crippen LogP contribution in [0.2, 0.25) is 5.02 Å². The van der Waals surface area contributed by atoms with Crippen molar-refractivity contribution in [3.63, 3.8) is 0 Å². The van der Waals surface area contributed by atoms with Crippen LogP contribution in [0.25, 0.3) is 6.08 Å². The molecule has 0 saturated heterocycles. The van der Waals surface area contributed by atoms with Gasteiger partial charge in [0.15, 0.2) is 5.78 Å². The maximum absolute atomic E-state index is 12.6. The summed E-state index contributed by atoms with van der Waals surface area (Å²) in [5.74, 6) is 0.291. The van der Waals surface area contributed by atoms with Crippen molar-refractivity contribution in [2.75, 3.05) is 5.75 Å². The molecule has 118 valence electrons. The maximum atomic E-state index is 12.6. The zero-order valence-corrected chi connectivity index (χ0v) is 14.1. The quantitative estimate of drug-likeness (QED) is 0.740. The summed E-state index contributed by atoms with van der Waals surface area (Å²) in [7, 11) is 2.98. The number of aryl methyl sites for hydroxylation is 1. The zero-order valence-electron chi connectivity index (χ0n) is 12.5. The molecular formula is C16H13ClN2O3S. The van der Waals surface area contributed by atoms with E-state index < -0.39 is 11.2 Å². The Morgan fingerprint density at radius 2 is 1.96 bits per heavy atom. The molecule has 7 heteroatoms. The van der Waals surface area contributed by atoms with E-state index in [0.717, 1.165) is 9.46 Å². The van der Waals surface area contributed by atoms with Gasteiger partial charge in [-0.25, -0.2) is 4.79 Å².